The monoisotopic (exact) mass is 257 g/mol. The molecule has 2 nitrogen and oxygen atoms in total. The summed E-state index contributed by atoms with van der Waals surface area (Å²) in [5.74, 6) is 0.189. The molecular weight excluding hydrogens is 234 g/mol. The van der Waals surface area contributed by atoms with Crippen LogP contribution < -0.4 is 0 Å². The number of carbonyl (C=O) groups excluding carboxylic acids is 1. The third kappa shape index (κ3) is 3.25. The molecule has 0 unspecified atom stereocenters. The number of rotatable bonds is 7. The topological polar surface area (TPSA) is 20.3 Å². The molecule has 0 N–H and O–H groups in total. The van der Waals surface area contributed by atoms with Crippen molar-refractivity contribution < 1.29 is 4.79 Å². The molecule has 0 aliphatic carbocycles. The predicted molar refractivity (Wildman–Crippen MR) is 80.0 cm³/mol. The Labute approximate surface area is 116 Å². The Morgan fingerprint density at radius 3 is 2.79 bits per heavy atom. The molecule has 1 heterocycles. The minimum absolute atomic E-state index is 0.189. The lowest BCUT2D eigenvalue weighted by Crippen LogP contribution is -2.24. The second-order valence-corrected chi connectivity index (χ2v) is 5.26. The maximum Gasteiger partial charge on any atom is 0.254 e. The molecule has 0 saturated carbocycles. The van der Waals surface area contributed by atoms with Crippen LogP contribution in [0.5, 0.6) is 0 Å². The highest BCUT2D eigenvalue weighted by atomic mass is 16.2. The van der Waals surface area contributed by atoms with Crippen LogP contribution in [0, 0.1) is 0 Å². The number of fused-ring (bicyclic) bond motifs is 1. The van der Waals surface area contributed by atoms with E-state index in [2.05, 4.69) is 19.6 Å². The third-order valence-electron chi connectivity index (χ3n) is 3.78. The highest BCUT2D eigenvalue weighted by Gasteiger charge is 2.26. The van der Waals surface area contributed by atoms with E-state index < -0.39 is 0 Å². The van der Waals surface area contributed by atoms with E-state index in [4.69, 9.17) is 0 Å². The van der Waals surface area contributed by atoms with Gasteiger partial charge < -0.3 is 4.90 Å². The summed E-state index contributed by atoms with van der Waals surface area (Å²) in [6.45, 7) is 7.64. The standard InChI is InChI=1S/C17H23NO/c1-3-5-6-7-8-11-18-13-15-10-9-14(4-2)12-16(15)17(18)19/h4,9-10,12H,2-3,5-8,11,13H2,1H3. The van der Waals surface area contributed by atoms with Gasteiger partial charge in [0.2, 0.25) is 0 Å². The fraction of sp³-hybridized carbons (Fsp3) is 0.471. The Morgan fingerprint density at radius 1 is 1.26 bits per heavy atom. The molecular formula is C17H23NO. The number of hydrogen-bond donors (Lipinski definition) is 0. The zero-order chi connectivity index (χ0) is 13.7. The van der Waals surface area contributed by atoms with Gasteiger partial charge in [0.15, 0.2) is 0 Å². The van der Waals surface area contributed by atoms with Gasteiger partial charge in [0.25, 0.3) is 5.91 Å². The molecule has 0 spiro atoms. The minimum Gasteiger partial charge on any atom is -0.334 e. The van der Waals surface area contributed by atoms with Gasteiger partial charge in [0, 0.05) is 18.7 Å². The van der Waals surface area contributed by atoms with Crippen molar-refractivity contribution in [2.45, 2.75) is 45.6 Å². The highest BCUT2D eigenvalue weighted by molar-refractivity contribution is 5.98. The smallest absolute Gasteiger partial charge is 0.254 e. The van der Waals surface area contributed by atoms with Gasteiger partial charge >= 0.3 is 0 Å². The van der Waals surface area contributed by atoms with Crippen molar-refractivity contribution in [3.63, 3.8) is 0 Å². The van der Waals surface area contributed by atoms with Crippen LogP contribution in [0.2, 0.25) is 0 Å². The summed E-state index contributed by atoms with van der Waals surface area (Å²) in [5, 5.41) is 0. The lowest BCUT2D eigenvalue weighted by molar-refractivity contribution is 0.0775. The van der Waals surface area contributed by atoms with E-state index >= 15 is 0 Å². The summed E-state index contributed by atoms with van der Waals surface area (Å²) in [6.07, 6.45) is 7.99. The van der Waals surface area contributed by atoms with Gasteiger partial charge in [-0.15, -0.1) is 0 Å². The predicted octanol–water partition coefficient (Wildman–Crippen LogP) is 4.26. The number of amides is 1. The SMILES string of the molecule is C=Cc1ccc2c(c1)C(=O)N(CCCCCCC)C2. The van der Waals surface area contributed by atoms with E-state index in [-0.39, 0.29) is 5.91 Å². The van der Waals surface area contributed by atoms with Crippen LogP contribution in [0.3, 0.4) is 0 Å². The van der Waals surface area contributed by atoms with Crippen LogP contribution >= 0.6 is 0 Å². The Kier molecular flexibility index (Phi) is 4.78. The molecule has 0 bridgehead atoms. The normalized spacial score (nSPS) is 13.7. The molecule has 0 aromatic heterocycles. The van der Waals surface area contributed by atoms with E-state index in [0.717, 1.165) is 36.2 Å². The Bertz CT molecular complexity index is 464. The number of benzene rings is 1. The van der Waals surface area contributed by atoms with E-state index in [1.807, 2.05) is 17.0 Å². The summed E-state index contributed by atoms with van der Waals surface area (Å²) in [7, 11) is 0. The average molecular weight is 257 g/mol. The number of nitrogens with zero attached hydrogens (tertiary/aromatic N) is 1. The van der Waals surface area contributed by atoms with Crippen molar-refractivity contribution in [3.8, 4) is 0 Å². The maximum atomic E-state index is 12.3. The third-order valence-corrected chi connectivity index (χ3v) is 3.78. The summed E-state index contributed by atoms with van der Waals surface area (Å²) in [6, 6.07) is 6.05. The minimum atomic E-state index is 0.189. The van der Waals surface area contributed by atoms with Crippen LogP contribution in [-0.2, 0) is 6.54 Å². The van der Waals surface area contributed by atoms with Crippen LogP contribution in [0.1, 0.15) is 60.5 Å². The van der Waals surface area contributed by atoms with Crippen molar-refractivity contribution in [1.82, 2.24) is 4.90 Å². The fourth-order valence-corrected chi connectivity index (χ4v) is 2.59. The van der Waals surface area contributed by atoms with Gasteiger partial charge in [0.1, 0.15) is 0 Å². The molecule has 19 heavy (non-hydrogen) atoms. The van der Waals surface area contributed by atoms with E-state index in [9.17, 15) is 4.79 Å². The van der Waals surface area contributed by atoms with Crippen LogP contribution in [0.15, 0.2) is 24.8 Å². The maximum absolute atomic E-state index is 12.3. The first kappa shape index (κ1) is 13.9. The first-order valence-corrected chi connectivity index (χ1v) is 7.31. The first-order chi connectivity index (χ1) is 9.26. The van der Waals surface area contributed by atoms with Gasteiger partial charge in [-0.05, 0) is 23.6 Å². The van der Waals surface area contributed by atoms with Gasteiger partial charge in [-0.3, -0.25) is 4.79 Å². The second kappa shape index (κ2) is 6.55. The van der Waals surface area contributed by atoms with Crippen molar-refractivity contribution in [1.29, 1.82) is 0 Å². The molecule has 0 radical (unpaired) electrons. The number of unbranched alkanes of at least 4 members (excludes halogenated alkanes) is 4. The van der Waals surface area contributed by atoms with Crippen molar-refractivity contribution in [2.75, 3.05) is 6.54 Å². The zero-order valence-electron chi connectivity index (χ0n) is 11.8. The molecule has 1 aromatic rings. The largest absolute Gasteiger partial charge is 0.334 e. The van der Waals surface area contributed by atoms with Gasteiger partial charge in [-0.1, -0.05) is 57.4 Å². The second-order valence-electron chi connectivity index (χ2n) is 5.26. The highest BCUT2D eigenvalue weighted by Crippen LogP contribution is 2.24. The molecule has 0 atom stereocenters. The number of carbonyl (C=O) groups is 1. The molecule has 2 heteroatoms. The molecule has 1 aliphatic heterocycles. The molecule has 0 fully saturated rings. The van der Waals surface area contributed by atoms with Gasteiger partial charge in [0.05, 0.1) is 0 Å². The van der Waals surface area contributed by atoms with Crippen LogP contribution in [0.4, 0.5) is 0 Å². The van der Waals surface area contributed by atoms with Crippen LogP contribution in [-0.4, -0.2) is 17.4 Å². The molecule has 1 aliphatic rings. The molecule has 2 rings (SSSR count). The van der Waals surface area contributed by atoms with E-state index in [1.165, 1.54) is 25.7 Å². The fourth-order valence-electron chi connectivity index (χ4n) is 2.59. The average Bonchev–Trinajstić information content (AvgIpc) is 2.75. The van der Waals surface area contributed by atoms with Crippen LogP contribution in [0.25, 0.3) is 6.08 Å². The van der Waals surface area contributed by atoms with Crippen molar-refractivity contribution >= 4 is 12.0 Å². The molecule has 0 saturated heterocycles. The Balaban J connectivity index is 1.90. The van der Waals surface area contributed by atoms with Crippen molar-refractivity contribution in [3.05, 3.63) is 41.5 Å². The summed E-state index contributed by atoms with van der Waals surface area (Å²) in [4.78, 5) is 14.3. The number of hydrogen-bond acceptors (Lipinski definition) is 1. The molecule has 1 aromatic carbocycles. The zero-order valence-corrected chi connectivity index (χ0v) is 11.8. The molecule has 102 valence electrons. The Hall–Kier alpha value is -1.57. The summed E-state index contributed by atoms with van der Waals surface area (Å²) >= 11 is 0. The van der Waals surface area contributed by atoms with Crippen molar-refractivity contribution in [2.24, 2.45) is 0 Å². The summed E-state index contributed by atoms with van der Waals surface area (Å²) in [5.41, 5.74) is 3.05. The quantitative estimate of drug-likeness (QED) is 0.668. The van der Waals surface area contributed by atoms with E-state index in [1.54, 1.807) is 6.08 Å². The Morgan fingerprint density at radius 2 is 2.05 bits per heavy atom. The first-order valence-electron chi connectivity index (χ1n) is 7.31. The van der Waals surface area contributed by atoms with Gasteiger partial charge in [-0.2, -0.15) is 0 Å². The lowest BCUT2D eigenvalue weighted by atomic mass is 10.1. The van der Waals surface area contributed by atoms with Gasteiger partial charge in [-0.25, -0.2) is 0 Å². The lowest BCUT2D eigenvalue weighted by Gasteiger charge is -2.15. The van der Waals surface area contributed by atoms with E-state index in [0.29, 0.717) is 0 Å². The molecule has 1 amide bonds. The summed E-state index contributed by atoms with van der Waals surface area (Å²) < 4.78 is 0.